The Labute approximate surface area is 278 Å². The number of aromatic hydroxyl groups is 1. The van der Waals surface area contributed by atoms with Crippen molar-refractivity contribution in [3.8, 4) is 11.8 Å². The SMILES string of the molecule is C=CC(=O)C1CC/C(C2=NC(OC[C@H]3C=CCCC3)=C=CC3=C2CC/C(=C\c2cc(O)cc4ccccc24)C3)=C/CC(CC#N)C1=C. The van der Waals surface area contributed by atoms with Crippen molar-refractivity contribution in [3.63, 3.8) is 0 Å². The Bertz CT molecular complexity index is 1870. The first-order valence-electron chi connectivity index (χ1n) is 16.8. The molecule has 2 unspecified atom stereocenters. The fourth-order valence-corrected chi connectivity index (χ4v) is 7.29. The summed E-state index contributed by atoms with van der Waals surface area (Å²) in [5.41, 5.74) is 10.8. The predicted molar refractivity (Wildman–Crippen MR) is 189 cm³/mol. The number of carbonyl (C=O) groups excluding carboxylic acids is 1. The molecule has 238 valence electrons. The first-order chi connectivity index (χ1) is 22.9. The minimum atomic E-state index is -0.366. The molecule has 0 fully saturated rings. The van der Waals surface area contributed by atoms with Crippen molar-refractivity contribution in [3.05, 3.63) is 125 Å². The van der Waals surface area contributed by atoms with Crippen LogP contribution in [0, 0.1) is 29.1 Å². The van der Waals surface area contributed by atoms with Crippen molar-refractivity contribution in [2.75, 3.05) is 6.61 Å². The van der Waals surface area contributed by atoms with Crippen molar-refractivity contribution < 1.29 is 14.6 Å². The lowest BCUT2D eigenvalue weighted by atomic mass is 9.75. The highest BCUT2D eigenvalue weighted by Crippen LogP contribution is 2.39. The lowest BCUT2D eigenvalue weighted by Gasteiger charge is -2.28. The van der Waals surface area contributed by atoms with Crippen LogP contribution in [0.4, 0.5) is 0 Å². The zero-order valence-electron chi connectivity index (χ0n) is 27.0. The van der Waals surface area contributed by atoms with Crippen LogP contribution in [0.2, 0.25) is 0 Å². The van der Waals surface area contributed by atoms with Crippen LogP contribution in [0.5, 0.6) is 5.75 Å². The van der Waals surface area contributed by atoms with Gasteiger partial charge >= 0.3 is 0 Å². The zero-order chi connectivity index (χ0) is 32.8. The largest absolute Gasteiger partial charge is 0.508 e. The highest BCUT2D eigenvalue weighted by molar-refractivity contribution is 6.14. The van der Waals surface area contributed by atoms with Crippen molar-refractivity contribution >= 4 is 28.3 Å². The van der Waals surface area contributed by atoms with E-state index in [9.17, 15) is 15.2 Å². The Morgan fingerprint density at radius 2 is 2.06 bits per heavy atom. The summed E-state index contributed by atoms with van der Waals surface area (Å²) in [4.78, 5) is 18.1. The van der Waals surface area contributed by atoms with Crippen LogP contribution >= 0.6 is 0 Å². The number of fused-ring (bicyclic) bond motifs is 1. The summed E-state index contributed by atoms with van der Waals surface area (Å²) in [5, 5.41) is 22.2. The number of benzene rings is 2. The van der Waals surface area contributed by atoms with Crippen molar-refractivity contribution in [1.29, 1.82) is 5.26 Å². The average molecular weight is 623 g/mol. The van der Waals surface area contributed by atoms with Gasteiger partial charge in [0, 0.05) is 18.3 Å². The molecule has 1 heterocycles. The molecule has 0 saturated heterocycles. The predicted octanol–water partition coefficient (Wildman–Crippen LogP) is 9.80. The minimum absolute atomic E-state index is 0.0417. The molecule has 6 rings (SSSR count). The topological polar surface area (TPSA) is 82.7 Å². The summed E-state index contributed by atoms with van der Waals surface area (Å²) in [6, 6.07) is 14.1. The molecule has 0 spiro atoms. The number of carbonyl (C=O) groups is 1. The molecule has 0 aromatic heterocycles. The van der Waals surface area contributed by atoms with Gasteiger partial charge in [0.25, 0.3) is 5.88 Å². The smallest absolute Gasteiger partial charge is 0.260 e. The van der Waals surface area contributed by atoms with E-state index >= 15 is 0 Å². The van der Waals surface area contributed by atoms with Crippen molar-refractivity contribution in [2.24, 2.45) is 22.7 Å². The molecule has 5 heteroatoms. The molecule has 47 heavy (non-hydrogen) atoms. The Morgan fingerprint density at radius 1 is 1.19 bits per heavy atom. The molecule has 3 atom stereocenters. The van der Waals surface area contributed by atoms with Gasteiger partial charge in [-0.1, -0.05) is 78.6 Å². The lowest BCUT2D eigenvalue weighted by molar-refractivity contribution is -0.117. The van der Waals surface area contributed by atoms with Gasteiger partial charge in [0.1, 0.15) is 5.75 Å². The van der Waals surface area contributed by atoms with E-state index in [1.807, 2.05) is 30.3 Å². The van der Waals surface area contributed by atoms with Gasteiger partial charge < -0.3 is 9.84 Å². The van der Waals surface area contributed by atoms with E-state index < -0.39 is 0 Å². The Balaban J connectivity index is 1.37. The molecule has 3 aliphatic carbocycles. The van der Waals surface area contributed by atoms with Crippen LogP contribution in [0.1, 0.15) is 69.8 Å². The summed E-state index contributed by atoms with van der Waals surface area (Å²) in [6.07, 6.45) is 20.3. The maximum Gasteiger partial charge on any atom is 0.260 e. The molecular weight excluding hydrogens is 580 g/mol. The molecule has 0 saturated carbocycles. The number of ether oxygens (including phenoxy) is 1. The molecule has 2 aromatic carbocycles. The standard InChI is InChI=1S/C42H42N2O3/c1-3-40(46)37-19-16-32(15-14-31(21-22-43)28(37)2)42-39-18-13-30(24-35-26-36(45)25-33-11-7-8-12-38(33)35)23-34(39)17-20-41(44-42)47-27-29-9-5-4-6-10-29/h3,5,7-9,11-12,15,17,24-26,29,31,37,45H,1-2,4,6,10,13-14,16,18-19,21,23,27H2/b30-24+,32-15-/t29-,31?,37?/m0/s1. The third-order valence-electron chi connectivity index (χ3n) is 9.91. The van der Waals surface area contributed by atoms with Crippen LogP contribution in [0.3, 0.4) is 0 Å². The Kier molecular flexibility index (Phi) is 10.0. The number of phenolic OH excluding ortho intramolecular Hbond substituents is 1. The van der Waals surface area contributed by atoms with Gasteiger partial charge in [0.15, 0.2) is 5.78 Å². The van der Waals surface area contributed by atoms with E-state index in [1.54, 1.807) is 6.07 Å². The number of allylic oxidation sites excluding steroid dienone is 9. The van der Waals surface area contributed by atoms with Crippen LogP contribution in [-0.4, -0.2) is 23.2 Å². The van der Waals surface area contributed by atoms with Gasteiger partial charge in [-0.2, -0.15) is 5.26 Å². The maximum absolute atomic E-state index is 12.9. The second-order valence-electron chi connectivity index (χ2n) is 13.0. The molecular formula is C42H42N2O3. The molecule has 0 bridgehead atoms. The number of hydrogen-bond donors (Lipinski definition) is 1. The fourth-order valence-electron chi connectivity index (χ4n) is 7.29. The summed E-state index contributed by atoms with van der Waals surface area (Å²) in [6.45, 7) is 8.58. The van der Waals surface area contributed by atoms with E-state index in [4.69, 9.17) is 9.73 Å². The number of nitriles is 1. The molecule has 1 N–H and O–H groups in total. The highest BCUT2D eigenvalue weighted by Gasteiger charge is 2.30. The Morgan fingerprint density at radius 3 is 2.87 bits per heavy atom. The Hall–Kier alpha value is -4.91. The summed E-state index contributed by atoms with van der Waals surface area (Å²) in [5.74, 6) is 0.587. The van der Waals surface area contributed by atoms with Gasteiger partial charge in [-0.05, 0) is 121 Å². The van der Waals surface area contributed by atoms with E-state index in [2.05, 4.69) is 55.3 Å². The van der Waals surface area contributed by atoms with Crippen molar-refractivity contribution in [2.45, 2.75) is 64.2 Å². The van der Waals surface area contributed by atoms with E-state index in [-0.39, 0.29) is 23.4 Å². The zero-order valence-corrected chi connectivity index (χ0v) is 27.0. The maximum atomic E-state index is 12.9. The number of phenols is 1. The molecule has 2 aromatic rings. The quantitative estimate of drug-likeness (QED) is 0.180. The second-order valence-corrected chi connectivity index (χ2v) is 13.0. The summed E-state index contributed by atoms with van der Waals surface area (Å²) >= 11 is 0. The highest BCUT2D eigenvalue weighted by atomic mass is 16.5. The third kappa shape index (κ3) is 7.40. The van der Waals surface area contributed by atoms with Crippen LogP contribution in [0.25, 0.3) is 16.8 Å². The van der Waals surface area contributed by atoms with E-state index in [0.717, 1.165) is 70.9 Å². The lowest BCUT2D eigenvalue weighted by Crippen LogP contribution is -2.23. The van der Waals surface area contributed by atoms with E-state index in [0.29, 0.717) is 44.1 Å². The summed E-state index contributed by atoms with van der Waals surface area (Å²) in [7, 11) is 0. The van der Waals surface area contributed by atoms with Gasteiger partial charge in [-0.15, -0.1) is 0 Å². The number of aliphatic imine (C=N–C) groups is 1. The summed E-state index contributed by atoms with van der Waals surface area (Å²) < 4.78 is 6.34. The molecule has 5 nitrogen and oxygen atoms in total. The van der Waals surface area contributed by atoms with Crippen LogP contribution < -0.4 is 0 Å². The van der Waals surface area contributed by atoms with Gasteiger partial charge in [0.05, 0.1) is 18.4 Å². The average Bonchev–Trinajstić information content (AvgIpc) is 3.26. The fraction of sp³-hybridized carbons (Fsp3) is 0.333. The first kappa shape index (κ1) is 32.0. The molecule has 4 aliphatic rings. The molecule has 1 aliphatic heterocycles. The normalized spacial score (nSPS) is 25.0. The van der Waals surface area contributed by atoms with Crippen molar-refractivity contribution in [1.82, 2.24) is 0 Å². The number of rotatable bonds is 8. The number of hydrogen-bond acceptors (Lipinski definition) is 5. The monoisotopic (exact) mass is 622 g/mol. The number of nitrogens with zero attached hydrogens (tertiary/aromatic N) is 2. The second kappa shape index (κ2) is 14.7. The third-order valence-corrected chi connectivity index (χ3v) is 9.91. The van der Waals surface area contributed by atoms with Gasteiger partial charge in [-0.25, -0.2) is 4.99 Å². The van der Waals surface area contributed by atoms with Gasteiger partial charge in [-0.3, -0.25) is 4.79 Å². The molecule has 0 radical (unpaired) electrons. The molecule has 0 amide bonds. The first-order valence-corrected chi connectivity index (χ1v) is 16.8. The van der Waals surface area contributed by atoms with Gasteiger partial charge in [0.2, 0.25) is 0 Å². The van der Waals surface area contributed by atoms with E-state index in [1.165, 1.54) is 23.6 Å². The van der Waals surface area contributed by atoms with Crippen LogP contribution in [0.15, 0.2) is 124 Å². The minimum Gasteiger partial charge on any atom is -0.508 e. The number of ketones is 1. The van der Waals surface area contributed by atoms with Crippen LogP contribution in [-0.2, 0) is 9.53 Å².